The van der Waals surface area contributed by atoms with Crippen molar-refractivity contribution in [3.05, 3.63) is 83.2 Å². The fraction of sp³-hybridized carbons (Fsp3) is 0.448. The Balaban J connectivity index is 2.11. The van der Waals surface area contributed by atoms with Crippen LogP contribution in [0.4, 0.5) is 0 Å². The number of aryl methyl sites for hydroxylation is 2. The van der Waals surface area contributed by atoms with Crippen molar-refractivity contribution in [2.75, 3.05) is 0 Å². The number of benzene rings is 2. The Kier molecular flexibility index (Phi) is 7.35. The highest BCUT2D eigenvalue weighted by molar-refractivity contribution is 7.74. The van der Waals surface area contributed by atoms with Gasteiger partial charge >= 0.3 is 0 Å². The van der Waals surface area contributed by atoms with E-state index in [1.54, 1.807) is 5.31 Å². The van der Waals surface area contributed by atoms with Crippen LogP contribution in [0.15, 0.2) is 72.1 Å². The maximum absolute atomic E-state index is 2.51. The van der Waals surface area contributed by atoms with Gasteiger partial charge in [0.25, 0.3) is 0 Å². The summed E-state index contributed by atoms with van der Waals surface area (Å²) in [5.74, 6) is 0.509. The molecular formula is C29H40P2. The summed E-state index contributed by atoms with van der Waals surface area (Å²) in [4.78, 5) is 0. The molecule has 0 saturated heterocycles. The second-order valence-electron chi connectivity index (χ2n) is 10.9. The van der Waals surface area contributed by atoms with Crippen molar-refractivity contribution in [3.63, 3.8) is 0 Å². The lowest BCUT2D eigenvalue weighted by atomic mass is 10.1. The van der Waals surface area contributed by atoms with Gasteiger partial charge in [-0.2, -0.15) is 0 Å². The lowest BCUT2D eigenvalue weighted by molar-refractivity contribution is 0.694. The maximum Gasteiger partial charge on any atom is 0.00968 e. The van der Waals surface area contributed by atoms with Gasteiger partial charge in [0.15, 0.2) is 0 Å². The van der Waals surface area contributed by atoms with Crippen molar-refractivity contribution in [1.29, 1.82) is 0 Å². The fourth-order valence-corrected chi connectivity index (χ4v) is 12.9. The van der Waals surface area contributed by atoms with Crippen LogP contribution in [-0.4, -0.2) is 16.0 Å². The van der Waals surface area contributed by atoms with E-state index in [1.165, 1.54) is 21.7 Å². The van der Waals surface area contributed by atoms with Crippen LogP contribution >= 0.6 is 15.8 Å². The van der Waals surface area contributed by atoms with Crippen LogP contribution in [0.25, 0.3) is 0 Å². The summed E-state index contributed by atoms with van der Waals surface area (Å²) in [6.45, 7) is 21.7. The molecule has 0 nitrogen and oxygen atoms in total. The smallest absolute Gasteiger partial charge is 0.00968 e. The average molecular weight is 451 g/mol. The first-order valence-electron chi connectivity index (χ1n) is 11.5. The zero-order chi connectivity index (χ0) is 23.0. The Morgan fingerprint density at radius 1 is 0.742 bits per heavy atom. The van der Waals surface area contributed by atoms with E-state index >= 15 is 0 Å². The lowest BCUT2D eigenvalue weighted by Gasteiger charge is -2.46. The molecular weight excluding hydrogens is 410 g/mol. The molecule has 2 aromatic carbocycles. The summed E-state index contributed by atoms with van der Waals surface area (Å²) < 4.78 is 0. The Morgan fingerprint density at radius 3 is 1.61 bits per heavy atom. The first-order valence-corrected chi connectivity index (χ1v) is 14.3. The quantitative estimate of drug-likeness (QED) is 0.402. The molecule has 2 aromatic rings. The standard InChI is InChI=1S/C29H40P2/c1-21-15-10-12-18-25(21)30(26-19-13-11-16-22(26)2)23(3)24-17-14-20-27(24)31(28(4,5)6)29(7,8)9/h10-20,23-24H,1-9H3/t23-,24?/m0/s1. The first kappa shape index (κ1) is 24.4. The lowest BCUT2D eigenvalue weighted by Crippen LogP contribution is -2.31. The van der Waals surface area contributed by atoms with Gasteiger partial charge in [-0.15, -0.1) is 0 Å². The van der Waals surface area contributed by atoms with Gasteiger partial charge in [-0.05, 0) is 64.8 Å². The number of allylic oxidation sites excluding steroid dienone is 4. The molecule has 0 N–H and O–H groups in total. The minimum atomic E-state index is -0.470. The summed E-state index contributed by atoms with van der Waals surface area (Å²) in [5, 5.41) is 5.34. The van der Waals surface area contributed by atoms with Crippen molar-refractivity contribution in [3.8, 4) is 0 Å². The Hall–Kier alpha value is -1.22. The topological polar surface area (TPSA) is 0 Å². The molecule has 0 spiro atoms. The molecule has 166 valence electrons. The average Bonchev–Trinajstić information content (AvgIpc) is 3.11. The van der Waals surface area contributed by atoms with E-state index in [-0.39, 0.29) is 18.2 Å². The number of hydrogen-bond donors (Lipinski definition) is 0. The molecule has 0 bridgehead atoms. The summed E-state index contributed by atoms with van der Waals surface area (Å²) in [6, 6.07) is 18.1. The normalized spacial score (nSPS) is 18.0. The second-order valence-corrected chi connectivity index (χ2v) is 17.3. The van der Waals surface area contributed by atoms with Crippen molar-refractivity contribution >= 4 is 26.5 Å². The fourth-order valence-electron chi connectivity index (χ4n) is 5.29. The largest absolute Gasteiger partial charge is 0.0763 e. The van der Waals surface area contributed by atoms with Crippen LogP contribution in [-0.2, 0) is 0 Å². The van der Waals surface area contributed by atoms with Crippen LogP contribution in [0.5, 0.6) is 0 Å². The third-order valence-corrected chi connectivity index (χ3v) is 13.0. The molecule has 3 rings (SSSR count). The monoisotopic (exact) mass is 450 g/mol. The third-order valence-electron chi connectivity index (χ3n) is 6.20. The second kappa shape index (κ2) is 9.33. The van der Waals surface area contributed by atoms with E-state index in [2.05, 4.69) is 129 Å². The summed E-state index contributed by atoms with van der Waals surface area (Å²) in [5.41, 5.74) is 3.40. The van der Waals surface area contributed by atoms with Gasteiger partial charge in [-0.25, -0.2) is 0 Å². The van der Waals surface area contributed by atoms with E-state index in [0.717, 1.165) is 0 Å². The molecule has 0 fully saturated rings. The van der Waals surface area contributed by atoms with Gasteiger partial charge in [-0.3, -0.25) is 0 Å². The van der Waals surface area contributed by atoms with Gasteiger partial charge in [0.05, 0.1) is 0 Å². The van der Waals surface area contributed by atoms with E-state index in [0.29, 0.717) is 11.6 Å². The zero-order valence-electron chi connectivity index (χ0n) is 20.9. The highest BCUT2D eigenvalue weighted by atomic mass is 31.1. The van der Waals surface area contributed by atoms with E-state index in [4.69, 9.17) is 0 Å². The molecule has 2 heteroatoms. The van der Waals surface area contributed by atoms with Crippen LogP contribution in [0.2, 0.25) is 0 Å². The Bertz CT molecular complexity index is 909. The van der Waals surface area contributed by atoms with Crippen molar-refractivity contribution < 1.29 is 0 Å². The van der Waals surface area contributed by atoms with Gasteiger partial charge in [0.1, 0.15) is 0 Å². The molecule has 0 heterocycles. The summed E-state index contributed by atoms with van der Waals surface area (Å²) in [7, 11) is -0.754. The SMILES string of the molecule is Cc1ccccc1P(c1ccccc1C)[C@@H](C)C1C=CC=C1P(C(C)(C)C)C(C)(C)C. The highest BCUT2D eigenvalue weighted by Gasteiger charge is 2.42. The van der Waals surface area contributed by atoms with Crippen LogP contribution < -0.4 is 10.6 Å². The summed E-state index contributed by atoms with van der Waals surface area (Å²) in [6.07, 6.45) is 7.30. The zero-order valence-corrected chi connectivity index (χ0v) is 22.7. The molecule has 1 aliphatic carbocycles. The summed E-state index contributed by atoms with van der Waals surface area (Å²) >= 11 is 0. The molecule has 0 saturated carbocycles. The predicted molar refractivity (Wildman–Crippen MR) is 145 cm³/mol. The molecule has 0 amide bonds. The van der Waals surface area contributed by atoms with E-state index in [1.807, 2.05) is 0 Å². The number of hydrogen-bond acceptors (Lipinski definition) is 0. The predicted octanol–water partition coefficient (Wildman–Crippen LogP) is 8.27. The maximum atomic E-state index is 2.51. The molecule has 0 radical (unpaired) electrons. The molecule has 1 unspecified atom stereocenters. The minimum Gasteiger partial charge on any atom is -0.0763 e. The Labute approximate surface area is 193 Å². The van der Waals surface area contributed by atoms with E-state index in [9.17, 15) is 0 Å². The van der Waals surface area contributed by atoms with Gasteiger partial charge in [0.2, 0.25) is 0 Å². The van der Waals surface area contributed by atoms with Gasteiger partial charge in [0, 0.05) is 5.92 Å². The van der Waals surface area contributed by atoms with Crippen LogP contribution in [0.1, 0.15) is 59.6 Å². The van der Waals surface area contributed by atoms with Crippen LogP contribution in [0.3, 0.4) is 0 Å². The molecule has 1 aliphatic rings. The Morgan fingerprint density at radius 2 is 1.19 bits per heavy atom. The molecule has 0 aliphatic heterocycles. The van der Waals surface area contributed by atoms with Crippen molar-refractivity contribution in [2.45, 2.75) is 78.3 Å². The minimum absolute atomic E-state index is 0.285. The van der Waals surface area contributed by atoms with Gasteiger partial charge in [-0.1, -0.05) is 123 Å². The first-order chi connectivity index (χ1) is 14.4. The van der Waals surface area contributed by atoms with Crippen molar-refractivity contribution in [1.82, 2.24) is 0 Å². The van der Waals surface area contributed by atoms with E-state index < -0.39 is 7.92 Å². The van der Waals surface area contributed by atoms with Gasteiger partial charge < -0.3 is 0 Å². The third kappa shape index (κ3) is 5.24. The van der Waals surface area contributed by atoms with Crippen LogP contribution in [0, 0.1) is 19.8 Å². The molecule has 0 aromatic heterocycles. The molecule has 2 atom stereocenters. The molecule has 31 heavy (non-hydrogen) atoms. The number of rotatable bonds is 5. The van der Waals surface area contributed by atoms with Crippen molar-refractivity contribution in [2.24, 2.45) is 5.92 Å². The highest BCUT2D eigenvalue weighted by Crippen LogP contribution is 2.68.